The molecule has 5 nitrogen and oxygen atoms in total. The highest BCUT2D eigenvalue weighted by Crippen LogP contribution is 2.20. The van der Waals surface area contributed by atoms with Crippen molar-refractivity contribution in [2.45, 2.75) is 31.2 Å². The number of amides is 1. The van der Waals surface area contributed by atoms with Gasteiger partial charge in [-0.2, -0.15) is 0 Å². The molecule has 0 radical (unpaired) electrons. The van der Waals surface area contributed by atoms with Gasteiger partial charge in [-0.05, 0) is 30.5 Å². The van der Waals surface area contributed by atoms with E-state index in [1.807, 2.05) is 0 Å². The molecule has 0 bridgehead atoms. The number of carbonyl (C=O) groups excluding carboxylic acids is 1. The Balaban J connectivity index is 1.85. The third-order valence-electron chi connectivity index (χ3n) is 3.65. The maximum atomic E-state index is 12.9. The minimum atomic E-state index is -0.440. The van der Waals surface area contributed by atoms with Crippen LogP contribution in [0.2, 0.25) is 0 Å². The lowest BCUT2D eigenvalue weighted by molar-refractivity contribution is -0.132. The predicted molar refractivity (Wildman–Crippen MR) is 76.1 cm³/mol. The Morgan fingerprint density at radius 2 is 2.19 bits per heavy atom. The summed E-state index contributed by atoms with van der Waals surface area (Å²) in [5.74, 6) is -0.458. The van der Waals surface area contributed by atoms with Crippen LogP contribution in [0.25, 0.3) is 0 Å². The van der Waals surface area contributed by atoms with Gasteiger partial charge < -0.3 is 20.5 Å². The SMILES string of the molecule is COC(CNC(=O)[C@@H]1CC[C@H](CN)O1)c1ccc(F)cc1. The fourth-order valence-corrected chi connectivity index (χ4v) is 2.39. The largest absolute Gasteiger partial charge is 0.375 e. The summed E-state index contributed by atoms with van der Waals surface area (Å²) in [5.41, 5.74) is 6.33. The van der Waals surface area contributed by atoms with Crippen LogP contribution in [-0.2, 0) is 14.3 Å². The quantitative estimate of drug-likeness (QED) is 0.825. The van der Waals surface area contributed by atoms with Crippen molar-refractivity contribution in [3.63, 3.8) is 0 Å². The molecule has 6 heteroatoms. The minimum Gasteiger partial charge on any atom is -0.375 e. The van der Waals surface area contributed by atoms with Crippen LogP contribution in [0.1, 0.15) is 24.5 Å². The fourth-order valence-electron chi connectivity index (χ4n) is 2.39. The van der Waals surface area contributed by atoms with Crippen molar-refractivity contribution in [1.82, 2.24) is 5.32 Å². The lowest BCUT2D eigenvalue weighted by Gasteiger charge is -2.18. The minimum absolute atomic E-state index is 0.0314. The summed E-state index contributed by atoms with van der Waals surface area (Å²) in [4.78, 5) is 12.0. The molecule has 3 N–H and O–H groups in total. The van der Waals surface area contributed by atoms with Crippen LogP contribution in [0, 0.1) is 5.82 Å². The third kappa shape index (κ3) is 4.23. The molecule has 116 valence electrons. The molecule has 3 atom stereocenters. The van der Waals surface area contributed by atoms with E-state index in [1.165, 1.54) is 12.1 Å². The molecule has 0 aromatic heterocycles. The van der Waals surface area contributed by atoms with E-state index in [2.05, 4.69) is 5.32 Å². The van der Waals surface area contributed by atoms with Gasteiger partial charge in [-0.3, -0.25) is 4.79 Å². The third-order valence-corrected chi connectivity index (χ3v) is 3.65. The fraction of sp³-hybridized carbons (Fsp3) is 0.533. The summed E-state index contributed by atoms with van der Waals surface area (Å²) in [6.45, 7) is 0.744. The number of ether oxygens (including phenoxy) is 2. The average Bonchev–Trinajstić information content (AvgIpc) is 2.98. The smallest absolute Gasteiger partial charge is 0.249 e. The second kappa shape index (κ2) is 7.49. The topological polar surface area (TPSA) is 73.6 Å². The number of carbonyl (C=O) groups is 1. The summed E-state index contributed by atoms with van der Waals surface area (Å²) in [6, 6.07) is 6.03. The van der Waals surface area contributed by atoms with Crippen LogP contribution in [-0.4, -0.2) is 38.3 Å². The number of benzene rings is 1. The molecule has 1 aliphatic rings. The lowest BCUT2D eigenvalue weighted by Crippen LogP contribution is -2.38. The molecule has 1 amide bonds. The highest BCUT2D eigenvalue weighted by atomic mass is 19.1. The molecule has 0 aliphatic carbocycles. The molecule has 1 saturated heterocycles. The van der Waals surface area contributed by atoms with E-state index in [-0.39, 0.29) is 23.9 Å². The first-order valence-electron chi connectivity index (χ1n) is 7.05. The molecular formula is C15H21FN2O3. The predicted octanol–water partition coefficient (Wildman–Crippen LogP) is 1.14. The van der Waals surface area contributed by atoms with E-state index in [0.717, 1.165) is 12.0 Å². The van der Waals surface area contributed by atoms with Crippen LogP contribution in [0.15, 0.2) is 24.3 Å². The number of nitrogens with one attached hydrogen (secondary N) is 1. The van der Waals surface area contributed by atoms with Crippen LogP contribution >= 0.6 is 0 Å². The van der Waals surface area contributed by atoms with Gasteiger partial charge in [0.2, 0.25) is 5.91 Å². The Morgan fingerprint density at radius 3 is 2.76 bits per heavy atom. The van der Waals surface area contributed by atoms with Crippen molar-refractivity contribution in [1.29, 1.82) is 0 Å². The molecule has 2 rings (SSSR count). The van der Waals surface area contributed by atoms with Crippen LogP contribution in [0.3, 0.4) is 0 Å². The molecule has 1 unspecified atom stereocenters. The van der Waals surface area contributed by atoms with Crippen molar-refractivity contribution >= 4 is 5.91 Å². The van der Waals surface area contributed by atoms with E-state index >= 15 is 0 Å². The normalized spacial score (nSPS) is 23.0. The summed E-state index contributed by atoms with van der Waals surface area (Å²) in [7, 11) is 1.55. The molecule has 1 aromatic carbocycles. The van der Waals surface area contributed by atoms with Gasteiger partial charge >= 0.3 is 0 Å². The number of halogens is 1. The van der Waals surface area contributed by atoms with E-state index in [4.69, 9.17) is 15.2 Å². The highest BCUT2D eigenvalue weighted by Gasteiger charge is 2.30. The van der Waals surface area contributed by atoms with Gasteiger partial charge in [-0.15, -0.1) is 0 Å². The molecule has 1 fully saturated rings. The average molecular weight is 296 g/mol. The summed E-state index contributed by atoms with van der Waals surface area (Å²) in [5, 5.41) is 2.81. The maximum absolute atomic E-state index is 12.9. The number of rotatable bonds is 6. The Hall–Kier alpha value is -1.50. The van der Waals surface area contributed by atoms with Crippen molar-refractivity contribution in [3.05, 3.63) is 35.6 Å². The Labute approximate surface area is 123 Å². The molecule has 1 aromatic rings. The van der Waals surface area contributed by atoms with Gasteiger partial charge in [0.15, 0.2) is 0 Å². The van der Waals surface area contributed by atoms with E-state index in [0.29, 0.717) is 19.5 Å². The van der Waals surface area contributed by atoms with E-state index in [1.54, 1.807) is 19.2 Å². The van der Waals surface area contributed by atoms with Gasteiger partial charge in [-0.1, -0.05) is 12.1 Å². The first-order chi connectivity index (χ1) is 10.1. The van der Waals surface area contributed by atoms with Crippen LogP contribution < -0.4 is 11.1 Å². The van der Waals surface area contributed by atoms with E-state index in [9.17, 15) is 9.18 Å². The molecule has 0 saturated carbocycles. The van der Waals surface area contributed by atoms with Crippen molar-refractivity contribution < 1.29 is 18.7 Å². The first kappa shape index (κ1) is 15.9. The Kier molecular flexibility index (Phi) is 5.67. The van der Waals surface area contributed by atoms with E-state index < -0.39 is 6.10 Å². The summed E-state index contributed by atoms with van der Waals surface area (Å²) < 4.78 is 23.8. The highest BCUT2D eigenvalue weighted by molar-refractivity contribution is 5.81. The molecular weight excluding hydrogens is 275 g/mol. The monoisotopic (exact) mass is 296 g/mol. The zero-order chi connectivity index (χ0) is 15.2. The van der Waals surface area contributed by atoms with Crippen LogP contribution in [0.4, 0.5) is 4.39 Å². The Bertz CT molecular complexity index is 466. The second-order valence-corrected chi connectivity index (χ2v) is 5.08. The standard InChI is InChI=1S/C15H21FN2O3/c1-20-14(10-2-4-11(16)5-3-10)9-18-15(19)13-7-6-12(8-17)21-13/h2-5,12-14H,6-9,17H2,1H3,(H,18,19)/t12-,13+,14?/m1/s1. The van der Waals surface area contributed by atoms with Gasteiger partial charge in [0.25, 0.3) is 0 Å². The second-order valence-electron chi connectivity index (χ2n) is 5.08. The zero-order valence-corrected chi connectivity index (χ0v) is 12.0. The van der Waals surface area contributed by atoms with Crippen molar-refractivity contribution in [2.75, 3.05) is 20.2 Å². The maximum Gasteiger partial charge on any atom is 0.249 e. The summed E-state index contributed by atoms with van der Waals surface area (Å²) in [6.07, 6.45) is 0.698. The van der Waals surface area contributed by atoms with Crippen LogP contribution in [0.5, 0.6) is 0 Å². The molecule has 1 aliphatic heterocycles. The summed E-state index contributed by atoms with van der Waals surface area (Å²) >= 11 is 0. The molecule has 1 heterocycles. The number of hydrogen-bond acceptors (Lipinski definition) is 4. The number of methoxy groups -OCH3 is 1. The van der Waals surface area contributed by atoms with Gasteiger partial charge in [0.05, 0.1) is 12.2 Å². The van der Waals surface area contributed by atoms with Crippen molar-refractivity contribution in [2.24, 2.45) is 5.73 Å². The number of nitrogens with two attached hydrogens (primary N) is 1. The van der Waals surface area contributed by atoms with Gasteiger partial charge in [0.1, 0.15) is 11.9 Å². The van der Waals surface area contributed by atoms with Crippen molar-refractivity contribution in [3.8, 4) is 0 Å². The van der Waals surface area contributed by atoms with Gasteiger partial charge in [0, 0.05) is 20.2 Å². The van der Waals surface area contributed by atoms with Gasteiger partial charge in [-0.25, -0.2) is 4.39 Å². The first-order valence-corrected chi connectivity index (χ1v) is 7.05. The zero-order valence-electron chi connectivity index (χ0n) is 12.0. The molecule has 21 heavy (non-hydrogen) atoms. The Morgan fingerprint density at radius 1 is 1.48 bits per heavy atom. The number of hydrogen-bond donors (Lipinski definition) is 2. The lowest BCUT2D eigenvalue weighted by atomic mass is 10.1. The molecule has 0 spiro atoms.